The number of amides is 2. The second-order valence-electron chi connectivity index (χ2n) is 8.21. The zero-order valence-corrected chi connectivity index (χ0v) is 16.3. The summed E-state index contributed by atoms with van der Waals surface area (Å²) in [6.07, 6.45) is 2.63. The first-order valence-corrected chi connectivity index (χ1v) is 9.31. The molecule has 6 nitrogen and oxygen atoms in total. The van der Waals surface area contributed by atoms with Gasteiger partial charge in [0.25, 0.3) is 0 Å². The predicted molar refractivity (Wildman–Crippen MR) is 106 cm³/mol. The first-order chi connectivity index (χ1) is 12.8. The van der Waals surface area contributed by atoms with Crippen molar-refractivity contribution in [2.45, 2.75) is 46.1 Å². The number of carbonyl (C=O) groups excluding carboxylic acids is 1. The fraction of sp³-hybridized carbons (Fsp3) is 0.381. The Bertz CT molecular complexity index is 998. The van der Waals surface area contributed by atoms with Gasteiger partial charge in [0, 0.05) is 36.5 Å². The zero-order valence-electron chi connectivity index (χ0n) is 16.3. The number of aryl methyl sites for hydroxylation is 1. The molecule has 27 heavy (non-hydrogen) atoms. The average Bonchev–Trinajstić information content (AvgIpc) is 3.01. The summed E-state index contributed by atoms with van der Waals surface area (Å²) < 4.78 is 1.91. The maximum atomic E-state index is 12.7. The number of hydrogen-bond donors (Lipinski definition) is 1. The number of fused-ring (bicyclic) bond motifs is 3. The summed E-state index contributed by atoms with van der Waals surface area (Å²) in [4.78, 5) is 19.0. The second-order valence-corrected chi connectivity index (χ2v) is 8.21. The molecule has 1 aliphatic heterocycles. The number of anilines is 1. The van der Waals surface area contributed by atoms with E-state index in [1.165, 1.54) is 5.56 Å². The molecule has 1 N–H and O–H groups in total. The summed E-state index contributed by atoms with van der Waals surface area (Å²) in [5.41, 5.74) is 6.18. The third kappa shape index (κ3) is 3.39. The van der Waals surface area contributed by atoms with Crippen LogP contribution >= 0.6 is 0 Å². The molecule has 0 radical (unpaired) electrons. The number of carbonyl (C=O) groups is 1. The first kappa shape index (κ1) is 17.5. The van der Waals surface area contributed by atoms with Gasteiger partial charge in [0.05, 0.1) is 17.9 Å². The standard InChI is InChI=1S/C21H25N5O/c1-14-11-19-22-12-15-13-25(10-9-18(15)26(19)24-14)20(27)23-17-7-5-16(6-8-17)21(2,3)4/h5-8,11-12H,9-10,13H2,1-4H3,(H,23,27). The number of aromatic nitrogens is 3. The number of hydrogen-bond acceptors (Lipinski definition) is 3. The van der Waals surface area contributed by atoms with Crippen LogP contribution in [0.25, 0.3) is 5.65 Å². The van der Waals surface area contributed by atoms with E-state index in [4.69, 9.17) is 0 Å². The van der Waals surface area contributed by atoms with Crippen LogP contribution in [0, 0.1) is 6.92 Å². The maximum Gasteiger partial charge on any atom is 0.322 e. The molecule has 140 valence electrons. The van der Waals surface area contributed by atoms with Gasteiger partial charge in [0.2, 0.25) is 0 Å². The molecular weight excluding hydrogens is 338 g/mol. The van der Waals surface area contributed by atoms with Gasteiger partial charge >= 0.3 is 6.03 Å². The minimum atomic E-state index is -0.0825. The molecule has 0 bridgehead atoms. The Morgan fingerprint density at radius 2 is 1.93 bits per heavy atom. The fourth-order valence-electron chi connectivity index (χ4n) is 3.48. The van der Waals surface area contributed by atoms with E-state index >= 15 is 0 Å². The quantitative estimate of drug-likeness (QED) is 0.713. The Labute approximate surface area is 159 Å². The Morgan fingerprint density at radius 3 is 2.63 bits per heavy atom. The molecule has 1 aliphatic rings. The van der Waals surface area contributed by atoms with E-state index in [0.29, 0.717) is 13.1 Å². The van der Waals surface area contributed by atoms with Crippen LogP contribution in [0.15, 0.2) is 36.5 Å². The molecule has 3 heterocycles. The molecule has 4 rings (SSSR count). The van der Waals surface area contributed by atoms with Crippen molar-refractivity contribution in [1.82, 2.24) is 19.5 Å². The second kappa shape index (κ2) is 6.37. The van der Waals surface area contributed by atoms with Crippen molar-refractivity contribution in [2.75, 3.05) is 11.9 Å². The Kier molecular flexibility index (Phi) is 4.13. The van der Waals surface area contributed by atoms with Gasteiger partial charge in [0.1, 0.15) is 0 Å². The smallest absolute Gasteiger partial charge is 0.320 e. The van der Waals surface area contributed by atoms with E-state index in [2.05, 4.69) is 48.3 Å². The molecule has 2 aromatic heterocycles. The van der Waals surface area contributed by atoms with Gasteiger partial charge in [-0.3, -0.25) is 0 Å². The lowest BCUT2D eigenvalue weighted by atomic mass is 9.87. The van der Waals surface area contributed by atoms with Crippen LogP contribution < -0.4 is 5.32 Å². The van der Waals surface area contributed by atoms with Crippen LogP contribution in [-0.4, -0.2) is 32.1 Å². The highest BCUT2D eigenvalue weighted by Crippen LogP contribution is 2.24. The normalized spacial score (nSPS) is 14.3. The summed E-state index contributed by atoms with van der Waals surface area (Å²) in [6, 6.07) is 9.97. The van der Waals surface area contributed by atoms with E-state index in [1.54, 1.807) is 0 Å². The molecule has 2 amide bonds. The number of urea groups is 1. The van der Waals surface area contributed by atoms with Gasteiger partial charge in [-0.05, 0) is 30.0 Å². The van der Waals surface area contributed by atoms with Crippen LogP contribution in [0.5, 0.6) is 0 Å². The summed E-state index contributed by atoms with van der Waals surface area (Å²) in [5.74, 6) is 0. The van der Waals surface area contributed by atoms with Gasteiger partial charge < -0.3 is 10.2 Å². The number of nitrogens with one attached hydrogen (secondary N) is 1. The van der Waals surface area contributed by atoms with Crippen molar-refractivity contribution in [3.8, 4) is 0 Å². The van der Waals surface area contributed by atoms with Crippen LogP contribution in [0.3, 0.4) is 0 Å². The lowest BCUT2D eigenvalue weighted by molar-refractivity contribution is 0.205. The molecular formula is C21H25N5O. The van der Waals surface area contributed by atoms with Gasteiger partial charge in [-0.2, -0.15) is 5.10 Å². The van der Waals surface area contributed by atoms with Crippen molar-refractivity contribution >= 4 is 17.4 Å². The van der Waals surface area contributed by atoms with Crippen LogP contribution in [0.2, 0.25) is 0 Å². The SMILES string of the molecule is Cc1cc2ncc3c(n2n1)CCN(C(=O)Nc1ccc(C(C)(C)C)cc1)C3. The Hall–Kier alpha value is -2.89. The van der Waals surface area contributed by atoms with E-state index < -0.39 is 0 Å². The highest BCUT2D eigenvalue weighted by atomic mass is 16.2. The van der Waals surface area contributed by atoms with E-state index in [1.807, 2.05) is 40.7 Å². The van der Waals surface area contributed by atoms with E-state index in [0.717, 1.165) is 34.7 Å². The van der Waals surface area contributed by atoms with Gasteiger partial charge in [-0.25, -0.2) is 14.3 Å². The lowest BCUT2D eigenvalue weighted by Crippen LogP contribution is -2.39. The number of nitrogens with zero attached hydrogens (tertiary/aromatic N) is 4. The van der Waals surface area contributed by atoms with Crippen molar-refractivity contribution in [3.63, 3.8) is 0 Å². The molecule has 0 saturated carbocycles. The molecule has 0 aliphatic carbocycles. The van der Waals surface area contributed by atoms with Crippen LogP contribution in [0.4, 0.5) is 10.5 Å². The summed E-state index contributed by atoms with van der Waals surface area (Å²) in [5, 5.41) is 7.53. The maximum absolute atomic E-state index is 12.7. The molecule has 0 fully saturated rings. The van der Waals surface area contributed by atoms with Crippen LogP contribution in [0.1, 0.15) is 43.3 Å². The highest BCUT2D eigenvalue weighted by molar-refractivity contribution is 5.89. The topological polar surface area (TPSA) is 62.5 Å². The number of benzene rings is 1. The van der Waals surface area contributed by atoms with E-state index in [9.17, 15) is 4.79 Å². The molecule has 6 heteroatoms. The van der Waals surface area contributed by atoms with Crippen molar-refractivity contribution in [3.05, 3.63) is 59.0 Å². The summed E-state index contributed by atoms with van der Waals surface area (Å²) >= 11 is 0. The molecule has 0 saturated heterocycles. The van der Waals surface area contributed by atoms with Crippen LogP contribution in [-0.2, 0) is 18.4 Å². The molecule has 0 atom stereocenters. The molecule has 1 aromatic carbocycles. The average molecular weight is 363 g/mol. The molecule has 0 spiro atoms. The Balaban J connectivity index is 1.48. The third-order valence-corrected chi connectivity index (χ3v) is 5.06. The molecule has 0 unspecified atom stereocenters. The van der Waals surface area contributed by atoms with E-state index in [-0.39, 0.29) is 11.4 Å². The number of rotatable bonds is 1. The third-order valence-electron chi connectivity index (χ3n) is 5.06. The summed E-state index contributed by atoms with van der Waals surface area (Å²) in [7, 11) is 0. The predicted octanol–water partition coefficient (Wildman–Crippen LogP) is 3.93. The zero-order chi connectivity index (χ0) is 19.2. The summed E-state index contributed by atoms with van der Waals surface area (Å²) in [6.45, 7) is 9.71. The minimum absolute atomic E-state index is 0.0825. The monoisotopic (exact) mass is 363 g/mol. The van der Waals surface area contributed by atoms with Crippen molar-refractivity contribution in [1.29, 1.82) is 0 Å². The molecule has 3 aromatic rings. The largest absolute Gasteiger partial charge is 0.322 e. The Morgan fingerprint density at radius 1 is 1.19 bits per heavy atom. The van der Waals surface area contributed by atoms with Crippen molar-refractivity contribution < 1.29 is 4.79 Å². The minimum Gasteiger partial charge on any atom is -0.320 e. The highest BCUT2D eigenvalue weighted by Gasteiger charge is 2.23. The van der Waals surface area contributed by atoms with Crippen molar-refractivity contribution in [2.24, 2.45) is 0 Å². The lowest BCUT2D eigenvalue weighted by Gasteiger charge is -2.29. The van der Waals surface area contributed by atoms with Gasteiger partial charge in [0.15, 0.2) is 5.65 Å². The van der Waals surface area contributed by atoms with Gasteiger partial charge in [-0.1, -0.05) is 32.9 Å². The fourth-order valence-corrected chi connectivity index (χ4v) is 3.48. The van der Waals surface area contributed by atoms with Gasteiger partial charge in [-0.15, -0.1) is 0 Å². The first-order valence-electron chi connectivity index (χ1n) is 9.31.